The first-order chi connectivity index (χ1) is 21.0. The van der Waals surface area contributed by atoms with Crippen molar-refractivity contribution in [2.45, 2.75) is 101 Å². The van der Waals surface area contributed by atoms with Gasteiger partial charge in [-0.1, -0.05) is 32.8 Å². The van der Waals surface area contributed by atoms with Gasteiger partial charge in [0, 0.05) is 64.6 Å². The van der Waals surface area contributed by atoms with Crippen molar-refractivity contribution in [3.05, 3.63) is 11.9 Å². The standard InChI is InChI=1S/C31H58FN7O4S/c1-4-11-31(5-2)12-6-7-23(32)22-37(3)27(20-31)28(29(33)34)30(40)36-25-21-35-13-8-26(25)38-14-16-39(17-15-38)44(41,42)24-9-18-43-19-10-24/h7,24-29,35H,4-6,8-22,33-34H2,1-3H3,(H,36,40). The zero-order valence-corrected chi connectivity index (χ0v) is 28.0. The second kappa shape index (κ2) is 16.1. The average molecular weight is 644 g/mol. The fraction of sp³-hybridized carbons (Fsp3) is 0.903. The minimum absolute atomic E-state index is 0.0260. The summed E-state index contributed by atoms with van der Waals surface area (Å²) in [5.41, 5.74) is 12.7. The fourth-order valence-electron chi connectivity index (χ4n) is 8.10. The van der Waals surface area contributed by atoms with Gasteiger partial charge < -0.3 is 26.8 Å². The highest BCUT2D eigenvalue weighted by Crippen LogP contribution is 2.42. The Bertz CT molecular complexity index is 1070. The highest BCUT2D eigenvalue weighted by Gasteiger charge is 2.43. The molecule has 44 heavy (non-hydrogen) atoms. The molecular formula is C31H58FN7O4S. The van der Waals surface area contributed by atoms with Gasteiger partial charge in [0.05, 0.1) is 23.4 Å². The van der Waals surface area contributed by atoms with Gasteiger partial charge in [0.1, 0.15) is 5.83 Å². The smallest absolute Gasteiger partial charge is 0.227 e. The van der Waals surface area contributed by atoms with Crippen LogP contribution in [-0.2, 0) is 19.6 Å². The largest absolute Gasteiger partial charge is 0.381 e. The maximum absolute atomic E-state index is 14.9. The number of rotatable bonds is 10. The minimum atomic E-state index is -3.36. The van der Waals surface area contributed by atoms with Crippen LogP contribution in [0.25, 0.3) is 0 Å². The Kier molecular flexibility index (Phi) is 13.0. The molecule has 4 aliphatic rings. The van der Waals surface area contributed by atoms with Crippen LogP contribution < -0.4 is 22.1 Å². The van der Waals surface area contributed by atoms with Crippen LogP contribution in [-0.4, -0.2) is 124 Å². The number of hydrogen-bond donors (Lipinski definition) is 4. The fourth-order valence-corrected chi connectivity index (χ4v) is 9.98. The van der Waals surface area contributed by atoms with E-state index in [2.05, 4.69) is 29.4 Å². The number of carbonyl (C=O) groups is 1. The van der Waals surface area contributed by atoms with Gasteiger partial charge in [-0.3, -0.25) is 14.6 Å². The number of amides is 1. The first-order valence-corrected chi connectivity index (χ1v) is 18.4. The summed E-state index contributed by atoms with van der Waals surface area (Å²) in [6, 6.07) is -0.426. The highest BCUT2D eigenvalue weighted by molar-refractivity contribution is 7.89. The van der Waals surface area contributed by atoms with Gasteiger partial charge in [0.2, 0.25) is 15.9 Å². The molecule has 0 aromatic rings. The van der Waals surface area contributed by atoms with Crippen molar-refractivity contribution in [3.8, 4) is 0 Å². The predicted octanol–water partition coefficient (Wildman–Crippen LogP) is 1.35. The van der Waals surface area contributed by atoms with Crippen LogP contribution in [0.4, 0.5) is 4.39 Å². The maximum Gasteiger partial charge on any atom is 0.227 e. The van der Waals surface area contributed by atoms with Crippen molar-refractivity contribution in [3.63, 3.8) is 0 Å². The van der Waals surface area contributed by atoms with Crippen molar-refractivity contribution in [1.29, 1.82) is 0 Å². The minimum Gasteiger partial charge on any atom is -0.381 e. The Morgan fingerprint density at radius 3 is 2.52 bits per heavy atom. The third-order valence-corrected chi connectivity index (χ3v) is 13.2. The first-order valence-electron chi connectivity index (χ1n) is 16.9. The zero-order valence-electron chi connectivity index (χ0n) is 27.2. The molecule has 3 fully saturated rings. The molecular weight excluding hydrogens is 585 g/mol. The lowest BCUT2D eigenvalue weighted by molar-refractivity contribution is -0.130. The number of sulfonamides is 1. The molecule has 0 aliphatic carbocycles. The summed E-state index contributed by atoms with van der Waals surface area (Å²) in [5, 5.41) is 6.37. The lowest BCUT2D eigenvalue weighted by Gasteiger charge is -2.46. The van der Waals surface area contributed by atoms with Crippen molar-refractivity contribution in [2.75, 3.05) is 66.1 Å². The molecule has 0 aromatic carbocycles. The van der Waals surface area contributed by atoms with Gasteiger partial charge in [0.25, 0.3) is 0 Å². The molecule has 0 aromatic heterocycles. The predicted molar refractivity (Wildman–Crippen MR) is 172 cm³/mol. The molecule has 0 radical (unpaired) electrons. The summed E-state index contributed by atoms with van der Waals surface area (Å²) < 4.78 is 48.4. The lowest BCUT2D eigenvalue weighted by Crippen LogP contribution is -2.65. The van der Waals surface area contributed by atoms with Crippen molar-refractivity contribution < 1.29 is 22.3 Å². The molecule has 5 unspecified atom stereocenters. The summed E-state index contributed by atoms with van der Waals surface area (Å²) in [7, 11) is -1.48. The van der Waals surface area contributed by atoms with Crippen LogP contribution in [0.5, 0.6) is 0 Å². The van der Waals surface area contributed by atoms with E-state index in [-0.39, 0.29) is 47.1 Å². The molecule has 0 spiro atoms. The molecule has 5 atom stereocenters. The van der Waals surface area contributed by atoms with E-state index in [9.17, 15) is 17.6 Å². The maximum atomic E-state index is 14.9. The third kappa shape index (κ3) is 8.58. The number of piperazine rings is 1. The Balaban J connectivity index is 1.47. The Labute approximate surface area is 264 Å². The van der Waals surface area contributed by atoms with Crippen LogP contribution in [0, 0.1) is 11.3 Å². The molecule has 6 N–H and O–H groups in total. The molecule has 4 heterocycles. The van der Waals surface area contributed by atoms with Gasteiger partial charge in [-0.05, 0) is 64.0 Å². The zero-order chi connectivity index (χ0) is 31.9. The Hall–Kier alpha value is -1.19. The molecule has 13 heteroatoms. The third-order valence-electron chi connectivity index (χ3n) is 10.8. The molecule has 3 saturated heterocycles. The van der Waals surface area contributed by atoms with E-state index < -0.39 is 22.1 Å². The first kappa shape index (κ1) is 35.7. The number of piperidine rings is 1. The molecule has 254 valence electrons. The van der Waals surface area contributed by atoms with Gasteiger partial charge in [-0.25, -0.2) is 12.8 Å². The SMILES string of the molecule is CCCC1(CC)CCC=C(F)CN(C)C(C(C(=O)NC2CNCCC2N2CCN(S(=O)(=O)C3CCOCC3)CC2)C(N)N)C1. The van der Waals surface area contributed by atoms with E-state index in [1.807, 2.05) is 11.9 Å². The number of halogens is 1. The summed E-state index contributed by atoms with van der Waals surface area (Å²) in [6.07, 6.45) is 7.98. The number of ether oxygens (including phenoxy) is 1. The number of hydrogen-bond acceptors (Lipinski definition) is 9. The van der Waals surface area contributed by atoms with E-state index in [0.29, 0.717) is 65.2 Å². The molecule has 4 aliphatic heterocycles. The number of nitrogens with one attached hydrogen (secondary N) is 2. The van der Waals surface area contributed by atoms with Gasteiger partial charge >= 0.3 is 0 Å². The van der Waals surface area contributed by atoms with E-state index in [1.165, 1.54) is 0 Å². The van der Waals surface area contributed by atoms with E-state index in [4.69, 9.17) is 16.2 Å². The quantitative estimate of drug-likeness (QED) is 0.259. The van der Waals surface area contributed by atoms with Gasteiger partial charge in [-0.2, -0.15) is 4.31 Å². The topological polar surface area (TPSA) is 146 Å². The number of carbonyl (C=O) groups excluding carboxylic acids is 1. The normalized spacial score (nSPS) is 32.0. The summed E-state index contributed by atoms with van der Waals surface area (Å²) >= 11 is 0. The number of likely N-dealkylation sites (N-methyl/N-ethyl adjacent to an activating group) is 1. The second-order valence-corrected chi connectivity index (χ2v) is 15.8. The average Bonchev–Trinajstić information content (AvgIpc) is 3.06. The highest BCUT2D eigenvalue weighted by atomic mass is 32.2. The van der Waals surface area contributed by atoms with Crippen molar-refractivity contribution in [1.82, 2.24) is 24.7 Å². The van der Waals surface area contributed by atoms with E-state index in [1.54, 1.807) is 10.4 Å². The Morgan fingerprint density at radius 1 is 1.18 bits per heavy atom. The van der Waals surface area contributed by atoms with Crippen LogP contribution in [0.15, 0.2) is 11.9 Å². The molecule has 1 amide bonds. The lowest BCUT2D eigenvalue weighted by atomic mass is 9.70. The number of nitrogens with zero attached hydrogens (tertiary/aromatic N) is 3. The van der Waals surface area contributed by atoms with Crippen LogP contribution in [0.3, 0.4) is 0 Å². The van der Waals surface area contributed by atoms with Crippen LogP contribution in [0.2, 0.25) is 0 Å². The molecule has 11 nitrogen and oxygen atoms in total. The van der Waals surface area contributed by atoms with Crippen molar-refractivity contribution in [2.24, 2.45) is 22.8 Å². The van der Waals surface area contributed by atoms with Gasteiger partial charge in [0.15, 0.2) is 0 Å². The van der Waals surface area contributed by atoms with Gasteiger partial charge in [-0.15, -0.1) is 0 Å². The van der Waals surface area contributed by atoms with Crippen LogP contribution in [0.1, 0.15) is 71.6 Å². The second-order valence-electron chi connectivity index (χ2n) is 13.5. The molecule has 0 saturated carbocycles. The summed E-state index contributed by atoms with van der Waals surface area (Å²) in [5.74, 6) is -1.08. The number of nitrogens with two attached hydrogens (primary N) is 2. The molecule has 0 bridgehead atoms. The Morgan fingerprint density at radius 2 is 1.89 bits per heavy atom. The van der Waals surface area contributed by atoms with Crippen molar-refractivity contribution >= 4 is 15.9 Å². The molecule has 4 rings (SSSR count). The summed E-state index contributed by atoms with van der Waals surface area (Å²) in [6.45, 7) is 9.04. The number of allylic oxidation sites excluding steroid dienone is 1. The van der Waals surface area contributed by atoms with Crippen LogP contribution >= 0.6 is 0 Å². The van der Waals surface area contributed by atoms with E-state index in [0.717, 1.165) is 45.1 Å². The summed E-state index contributed by atoms with van der Waals surface area (Å²) in [4.78, 5) is 18.4. The monoisotopic (exact) mass is 643 g/mol. The van der Waals surface area contributed by atoms with E-state index >= 15 is 0 Å².